The zero-order valence-electron chi connectivity index (χ0n) is 18.9. The lowest BCUT2D eigenvalue weighted by Crippen LogP contribution is -2.38. The normalized spacial score (nSPS) is 15.6. The lowest BCUT2D eigenvalue weighted by Gasteiger charge is -2.30. The van der Waals surface area contributed by atoms with Gasteiger partial charge in [0.25, 0.3) is 5.91 Å². The molecular formula is C24H30N2O6S. The topological polar surface area (TPSA) is 102 Å². The maximum absolute atomic E-state index is 13.2. The Bertz CT molecular complexity index is 1050. The van der Waals surface area contributed by atoms with Crippen molar-refractivity contribution in [1.29, 1.82) is 0 Å². The van der Waals surface area contributed by atoms with Gasteiger partial charge in [-0.15, -0.1) is 0 Å². The average molecular weight is 475 g/mol. The van der Waals surface area contributed by atoms with E-state index in [1.807, 2.05) is 6.07 Å². The summed E-state index contributed by atoms with van der Waals surface area (Å²) < 4.78 is 38.4. The molecule has 1 unspecified atom stereocenters. The molecule has 1 aliphatic carbocycles. The minimum absolute atomic E-state index is 0.0125. The van der Waals surface area contributed by atoms with Crippen molar-refractivity contribution < 1.29 is 27.5 Å². The fourth-order valence-electron chi connectivity index (χ4n) is 3.78. The molecule has 8 nitrogen and oxygen atoms in total. The van der Waals surface area contributed by atoms with Crippen molar-refractivity contribution in [3.8, 4) is 5.75 Å². The molecule has 0 aliphatic heterocycles. The molecular weight excluding hydrogens is 444 g/mol. The molecule has 0 radical (unpaired) electrons. The zero-order valence-corrected chi connectivity index (χ0v) is 19.7. The number of amides is 1. The first-order valence-electron chi connectivity index (χ1n) is 11.0. The van der Waals surface area contributed by atoms with Crippen molar-refractivity contribution in [3.05, 3.63) is 54.6 Å². The number of anilines is 1. The van der Waals surface area contributed by atoms with Crippen molar-refractivity contribution in [3.63, 3.8) is 0 Å². The molecule has 0 saturated heterocycles. The molecule has 3 rings (SSSR count). The fourth-order valence-corrected chi connectivity index (χ4v) is 5.34. The van der Waals surface area contributed by atoms with Crippen LogP contribution in [0.1, 0.15) is 39.0 Å². The van der Waals surface area contributed by atoms with Crippen LogP contribution in [-0.2, 0) is 24.3 Å². The van der Waals surface area contributed by atoms with Crippen molar-refractivity contribution in [2.75, 3.05) is 19.0 Å². The first kappa shape index (κ1) is 24.7. The summed E-state index contributed by atoms with van der Waals surface area (Å²) in [5.41, 5.74) is 0.148. The number of carbonyl (C=O) groups excluding carboxylic acids is 2. The Balaban J connectivity index is 1.60. The van der Waals surface area contributed by atoms with Gasteiger partial charge in [0.15, 0.2) is 12.7 Å². The number of carbonyl (C=O) groups is 2. The molecule has 2 aromatic carbocycles. The number of benzene rings is 2. The van der Waals surface area contributed by atoms with E-state index in [1.54, 1.807) is 43.4 Å². The Morgan fingerprint density at radius 1 is 1.03 bits per heavy atom. The average Bonchev–Trinajstić information content (AvgIpc) is 2.83. The highest BCUT2D eigenvalue weighted by atomic mass is 32.2. The molecule has 0 aromatic heterocycles. The number of ether oxygens (including phenoxy) is 2. The van der Waals surface area contributed by atoms with E-state index in [1.165, 1.54) is 23.4 Å². The van der Waals surface area contributed by atoms with E-state index in [-0.39, 0.29) is 16.6 Å². The van der Waals surface area contributed by atoms with E-state index in [0.717, 1.165) is 32.1 Å². The summed E-state index contributed by atoms with van der Waals surface area (Å²) in [6.45, 7) is 0.963. The van der Waals surface area contributed by atoms with Gasteiger partial charge in [-0.1, -0.05) is 49.6 Å². The summed E-state index contributed by atoms with van der Waals surface area (Å²) in [5.74, 6) is -0.835. The van der Waals surface area contributed by atoms with Crippen LogP contribution >= 0.6 is 0 Å². The first-order chi connectivity index (χ1) is 15.8. The van der Waals surface area contributed by atoms with Gasteiger partial charge in [-0.05, 0) is 44.0 Å². The second-order valence-electron chi connectivity index (χ2n) is 8.04. The SMILES string of the molecule is CC(Oc1ccccc1)C(=O)OCC(=O)Nc1ccccc1S(=O)(=O)N(C)C1CCCCC1. The molecule has 178 valence electrons. The summed E-state index contributed by atoms with van der Waals surface area (Å²) in [6.07, 6.45) is 3.86. The third kappa shape index (κ3) is 6.55. The van der Waals surface area contributed by atoms with E-state index < -0.39 is 34.6 Å². The van der Waals surface area contributed by atoms with Crippen molar-refractivity contribution in [2.24, 2.45) is 0 Å². The predicted molar refractivity (Wildman–Crippen MR) is 124 cm³/mol. The van der Waals surface area contributed by atoms with Crippen LogP contribution in [0.2, 0.25) is 0 Å². The van der Waals surface area contributed by atoms with Gasteiger partial charge in [0.2, 0.25) is 10.0 Å². The van der Waals surface area contributed by atoms with Crippen LogP contribution in [0, 0.1) is 0 Å². The van der Waals surface area contributed by atoms with E-state index in [0.29, 0.717) is 5.75 Å². The van der Waals surface area contributed by atoms with Crippen LogP contribution in [0.3, 0.4) is 0 Å². The number of esters is 1. The predicted octanol–water partition coefficient (Wildman–Crippen LogP) is 3.59. The number of hydrogen-bond acceptors (Lipinski definition) is 6. The number of rotatable bonds is 9. The molecule has 1 saturated carbocycles. The lowest BCUT2D eigenvalue weighted by molar-refractivity contribution is -0.153. The summed E-state index contributed by atoms with van der Waals surface area (Å²) in [5, 5.41) is 2.56. The van der Waals surface area contributed by atoms with Gasteiger partial charge in [0.1, 0.15) is 10.6 Å². The molecule has 0 spiro atoms. The molecule has 33 heavy (non-hydrogen) atoms. The van der Waals surface area contributed by atoms with Gasteiger partial charge in [-0.3, -0.25) is 4.79 Å². The monoisotopic (exact) mass is 474 g/mol. The number of hydrogen-bond donors (Lipinski definition) is 1. The highest BCUT2D eigenvalue weighted by Gasteiger charge is 2.31. The molecule has 1 atom stereocenters. The van der Waals surface area contributed by atoms with Crippen LogP contribution in [0.25, 0.3) is 0 Å². The maximum Gasteiger partial charge on any atom is 0.347 e. The van der Waals surface area contributed by atoms with Crippen molar-refractivity contribution in [1.82, 2.24) is 4.31 Å². The zero-order chi connectivity index (χ0) is 23.8. The molecule has 1 fully saturated rings. The summed E-state index contributed by atoms with van der Waals surface area (Å²) in [6, 6.07) is 15.0. The number of nitrogens with zero attached hydrogens (tertiary/aromatic N) is 1. The Labute approximate surface area is 194 Å². The van der Waals surface area contributed by atoms with Crippen LogP contribution in [0.5, 0.6) is 5.75 Å². The van der Waals surface area contributed by atoms with Crippen LogP contribution in [0.15, 0.2) is 59.5 Å². The van der Waals surface area contributed by atoms with Crippen LogP contribution in [0.4, 0.5) is 5.69 Å². The lowest BCUT2D eigenvalue weighted by atomic mass is 9.96. The second kappa shape index (κ2) is 11.3. The second-order valence-corrected chi connectivity index (χ2v) is 10.0. The van der Waals surface area contributed by atoms with E-state index in [4.69, 9.17) is 9.47 Å². The van der Waals surface area contributed by atoms with Gasteiger partial charge in [0.05, 0.1) is 5.69 Å². The first-order valence-corrected chi connectivity index (χ1v) is 12.5. The van der Waals surface area contributed by atoms with E-state index in [9.17, 15) is 18.0 Å². The standard InChI is InChI=1S/C24H30N2O6S/c1-18(32-20-13-7-4-8-14-20)24(28)31-17-23(27)25-21-15-9-10-16-22(21)33(29,30)26(2)19-11-5-3-6-12-19/h4,7-10,13-16,18-19H,3,5-6,11-12,17H2,1-2H3,(H,25,27). The van der Waals surface area contributed by atoms with E-state index in [2.05, 4.69) is 5.32 Å². The summed E-state index contributed by atoms with van der Waals surface area (Å²) >= 11 is 0. The van der Waals surface area contributed by atoms with Crippen LogP contribution < -0.4 is 10.1 Å². The number of sulfonamides is 1. The summed E-state index contributed by atoms with van der Waals surface area (Å²) in [7, 11) is -2.22. The van der Waals surface area contributed by atoms with Gasteiger partial charge in [-0.2, -0.15) is 4.31 Å². The Hall–Kier alpha value is -2.91. The Kier molecular flexibility index (Phi) is 8.46. The van der Waals surface area contributed by atoms with E-state index >= 15 is 0 Å². The van der Waals surface area contributed by atoms with Crippen molar-refractivity contribution >= 4 is 27.6 Å². The van der Waals surface area contributed by atoms with Gasteiger partial charge < -0.3 is 14.8 Å². The highest BCUT2D eigenvalue weighted by molar-refractivity contribution is 7.89. The minimum Gasteiger partial charge on any atom is -0.479 e. The van der Waals surface area contributed by atoms with Gasteiger partial charge in [-0.25, -0.2) is 13.2 Å². The van der Waals surface area contributed by atoms with Gasteiger partial charge in [0, 0.05) is 13.1 Å². The summed E-state index contributed by atoms with van der Waals surface area (Å²) in [4.78, 5) is 24.6. The van der Waals surface area contributed by atoms with Crippen molar-refractivity contribution in [2.45, 2.75) is 56.1 Å². The molecule has 0 bridgehead atoms. The third-order valence-electron chi connectivity index (χ3n) is 5.64. The molecule has 1 aliphatic rings. The minimum atomic E-state index is -3.80. The quantitative estimate of drug-likeness (QED) is 0.558. The maximum atomic E-state index is 13.2. The molecule has 1 N–H and O–H groups in total. The van der Waals surface area contributed by atoms with Crippen LogP contribution in [-0.4, -0.2) is 50.4 Å². The molecule has 9 heteroatoms. The smallest absolute Gasteiger partial charge is 0.347 e. The van der Waals surface area contributed by atoms with Gasteiger partial charge >= 0.3 is 5.97 Å². The Morgan fingerprint density at radius 2 is 1.67 bits per heavy atom. The number of nitrogens with one attached hydrogen (secondary N) is 1. The highest BCUT2D eigenvalue weighted by Crippen LogP contribution is 2.29. The number of para-hydroxylation sites is 2. The largest absolute Gasteiger partial charge is 0.479 e. The molecule has 1 amide bonds. The molecule has 2 aromatic rings. The fraction of sp³-hybridized carbons (Fsp3) is 0.417. The Morgan fingerprint density at radius 3 is 2.36 bits per heavy atom. The third-order valence-corrected chi connectivity index (χ3v) is 7.61. The molecule has 0 heterocycles.